The van der Waals surface area contributed by atoms with Gasteiger partial charge in [0.15, 0.2) is 18.9 Å². The van der Waals surface area contributed by atoms with Gasteiger partial charge in [-0.05, 0) is 0 Å². The molecule has 200 valence electrons. The average molecular weight is 504 g/mol. The van der Waals surface area contributed by atoms with E-state index in [-0.39, 0.29) is 0 Å². The Kier molecular flexibility index (Phi) is 9.54. The molecule has 16 heteroatoms. The maximum Gasteiger partial charge on any atom is 0.187 e. The summed E-state index contributed by atoms with van der Waals surface area (Å²) in [5.74, 6) is 0. The molecule has 0 saturated carbocycles. The van der Waals surface area contributed by atoms with Crippen LogP contribution in [-0.4, -0.2) is 168 Å². The molecule has 34 heavy (non-hydrogen) atoms. The van der Waals surface area contributed by atoms with Crippen molar-refractivity contribution in [2.75, 3.05) is 19.8 Å². The van der Waals surface area contributed by atoms with E-state index in [0.29, 0.717) is 0 Å². The van der Waals surface area contributed by atoms with Crippen molar-refractivity contribution in [3.05, 3.63) is 0 Å². The zero-order chi connectivity index (χ0) is 25.3. The lowest BCUT2D eigenvalue weighted by atomic mass is 9.97. The van der Waals surface area contributed by atoms with E-state index < -0.39 is 112 Å². The third-order valence-corrected chi connectivity index (χ3v) is 6.08. The summed E-state index contributed by atoms with van der Waals surface area (Å²) in [5, 5.41) is 109. The standard InChI is InChI=1S/C18H32O16/c19-1-4-8(22)12(26)15(16(29)31-4)34-18-14(28)11(25)9(23)6(33-18)3-30-17-13(27)10(24)7(21)5(2-20)32-17/h4-29H,1-3H2/t4-,5-,6-,7+,8-,9-,10+,11+,12+,13-,14+,15-,16+,17-,18-/m1/s1. The molecule has 3 aliphatic heterocycles. The van der Waals surface area contributed by atoms with Crippen LogP contribution < -0.4 is 0 Å². The summed E-state index contributed by atoms with van der Waals surface area (Å²) in [6.45, 7) is -2.03. The monoisotopic (exact) mass is 504 g/mol. The molecule has 0 amide bonds. The molecule has 3 aliphatic rings. The van der Waals surface area contributed by atoms with Crippen molar-refractivity contribution in [2.24, 2.45) is 0 Å². The van der Waals surface area contributed by atoms with Crippen LogP contribution in [0.4, 0.5) is 0 Å². The molecule has 0 spiro atoms. The summed E-state index contributed by atoms with van der Waals surface area (Å²) in [4.78, 5) is 0. The summed E-state index contributed by atoms with van der Waals surface area (Å²) in [7, 11) is 0. The first-order chi connectivity index (χ1) is 16.0. The molecular weight excluding hydrogens is 472 g/mol. The molecule has 0 bridgehead atoms. The molecule has 0 aromatic rings. The predicted octanol–water partition coefficient (Wildman–Crippen LogP) is -7.57. The average Bonchev–Trinajstić information content (AvgIpc) is 2.82. The lowest BCUT2D eigenvalue weighted by molar-refractivity contribution is -0.367. The van der Waals surface area contributed by atoms with Crippen molar-refractivity contribution >= 4 is 0 Å². The molecule has 0 aromatic carbocycles. The molecule has 3 heterocycles. The molecule has 0 aromatic heterocycles. The molecule has 0 aliphatic carbocycles. The van der Waals surface area contributed by atoms with E-state index in [0.717, 1.165) is 0 Å². The highest BCUT2D eigenvalue weighted by molar-refractivity contribution is 4.94. The summed E-state index contributed by atoms with van der Waals surface area (Å²) >= 11 is 0. The zero-order valence-corrected chi connectivity index (χ0v) is 17.7. The third-order valence-electron chi connectivity index (χ3n) is 6.08. The van der Waals surface area contributed by atoms with Crippen LogP contribution in [0.15, 0.2) is 0 Å². The predicted molar refractivity (Wildman–Crippen MR) is 101 cm³/mol. The number of rotatable bonds is 7. The fraction of sp³-hybridized carbons (Fsp3) is 1.00. The van der Waals surface area contributed by atoms with Crippen molar-refractivity contribution in [1.29, 1.82) is 0 Å². The Labute approximate surface area is 192 Å². The summed E-state index contributed by atoms with van der Waals surface area (Å²) in [6, 6.07) is 0. The van der Waals surface area contributed by atoms with E-state index in [1.54, 1.807) is 0 Å². The molecule has 16 nitrogen and oxygen atoms in total. The smallest absolute Gasteiger partial charge is 0.187 e. The second-order valence-electron chi connectivity index (χ2n) is 8.37. The minimum atomic E-state index is -1.88. The second kappa shape index (κ2) is 11.6. The third kappa shape index (κ3) is 5.52. The quantitative estimate of drug-likeness (QED) is 0.154. The first kappa shape index (κ1) is 27.9. The molecule has 3 rings (SSSR count). The number of aliphatic hydroxyl groups is 11. The number of hydrogen-bond acceptors (Lipinski definition) is 16. The molecule has 0 unspecified atom stereocenters. The van der Waals surface area contributed by atoms with Gasteiger partial charge in [-0.2, -0.15) is 0 Å². The fourth-order valence-electron chi connectivity index (χ4n) is 3.94. The lowest BCUT2D eigenvalue weighted by Gasteiger charge is -2.45. The maximum atomic E-state index is 10.2. The molecule has 3 saturated heterocycles. The van der Waals surface area contributed by atoms with Crippen LogP contribution in [0, 0.1) is 0 Å². The van der Waals surface area contributed by atoms with Crippen molar-refractivity contribution in [3.63, 3.8) is 0 Å². The van der Waals surface area contributed by atoms with Gasteiger partial charge in [0.25, 0.3) is 0 Å². The van der Waals surface area contributed by atoms with E-state index in [2.05, 4.69) is 0 Å². The summed E-state index contributed by atoms with van der Waals surface area (Å²) < 4.78 is 26.1. The topological polar surface area (TPSA) is 269 Å². The Morgan fingerprint density at radius 2 is 0.971 bits per heavy atom. The molecule has 11 N–H and O–H groups in total. The van der Waals surface area contributed by atoms with Gasteiger partial charge in [-0.3, -0.25) is 0 Å². The van der Waals surface area contributed by atoms with Gasteiger partial charge in [0, 0.05) is 0 Å². The van der Waals surface area contributed by atoms with Gasteiger partial charge < -0.3 is 79.9 Å². The van der Waals surface area contributed by atoms with E-state index in [1.165, 1.54) is 0 Å². The number of aliphatic hydroxyl groups excluding tert-OH is 11. The molecule has 15 atom stereocenters. The van der Waals surface area contributed by atoms with Gasteiger partial charge in [0.1, 0.15) is 73.2 Å². The number of hydrogen-bond donors (Lipinski definition) is 11. The van der Waals surface area contributed by atoms with Gasteiger partial charge >= 0.3 is 0 Å². The summed E-state index contributed by atoms with van der Waals surface area (Å²) in [5.41, 5.74) is 0. The second-order valence-corrected chi connectivity index (χ2v) is 8.37. The highest BCUT2D eigenvalue weighted by atomic mass is 16.7. The highest BCUT2D eigenvalue weighted by Gasteiger charge is 2.51. The largest absolute Gasteiger partial charge is 0.394 e. The Morgan fingerprint density at radius 1 is 0.500 bits per heavy atom. The van der Waals surface area contributed by atoms with Crippen molar-refractivity contribution in [1.82, 2.24) is 0 Å². The minimum Gasteiger partial charge on any atom is -0.394 e. The van der Waals surface area contributed by atoms with E-state index in [9.17, 15) is 51.1 Å². The van der Waals surface area contributed by atoms with Gasteiger partial charge in [-0.25, -0.2) is 0 Å². The van der Waals surface area contributed by atoms with Crippen LogP contribution in [0.25, 0.3) is 0 Å². The van der Waals surface area contributed by atoms with Crippen LogP contribution in [0.5, 0.6) is 0 Å². The Bertz CT molecular complexity index is 639. The van der Waals surface area contributed by atoms with Crippen molar-refractivity contribution < 1.29 is 79.9 Å². The molecule has 0 radical (unpaired) electrons. The maximum absolute atomic E-state index is 10.2. The SMILES string of the molecule is OC[C@H]1O[C@@H](OC[C@H]2O[C@H](O[C@@H]3[C@@H](O)[C@H](O)[C@@H](CO)O[C@@H]3O)[C@@H](O)[C@@H](O)[C@@H]2O)[C@H](O)[C@@H](O)[C@H]1O. The van der Waals surface area contributed by atoms with Crippen LogP contribution >= 0.6 is 0 Å². The van der Waals surface area contributed by atoms with Crippen molar-refractivity contribution in [3.8, 4) is 0 Å². The van der Waals surface area contributed by atoms with Gasteiger partial charge in [-0.15, -0.1) is 0 Å². The minimum absolute atomic E-state index is 0.616. The molecule has 3 fully saturated rings. The van der Waals surface area contributed by atoms with Gasteiger partial charge in [0.05, 0.1) is 19.8 Å². The van der Waals surface area contributed by atoms with E-state index >= 15 is 0 Å². The Morgan fingerprint density at radius 3 is 1.56 bits per heavy atom. The normalized spacial score (nSPS) is 52.5. The van der Waals surface area contributed by atoms with Gasteiger partial charge in [-0.1, -0.05) is 0 Å². The van der Waals surface area contributed by atoms with Crippen LogP contribution in [0.2, 0.25) is 0 Å². The Hall–Kier alpha value is -0.640. The Balaban J connectivity index is 1.64. The first-order valence-electron chi connectivity index (χ1n) is 10.6. The fourth-order valence-corrected chi connectivity index (χ4v) is 3.94. The van der Waals surface area contributed by atoms with E-state index in [1.807, 2.05) is 0 Å². The first-order valence-corrected chi connectivity index (χ1v) is 10.6. The van der Waals surface area contributed by atoms with Crippen molar-refractivity contribution in [2.45, 2.75) is 92.1 Å². The van der Waals surface area contributed by atoms with E-state index in [4.69, 9.17) is 28.8 Å². The van der Waals surface area contributed by atoms with Gasteiger partial charge in [0.2, 0.25) is 0 Å². The zero-order valence-electron chi connectivity index (χ0n) is 17.7. The van der Waals surface area contributed by atoms with Crippen LogP contribution in [-0.2, 0) is 23.7 Å². The van der Waals surface area contributed by atoms with Crippen LogP contribution in [0.1, 0.15) is 0 Å². The number of ether oxygens (including phenoxy) is 5. The lowest BCUT2D eigenvalue weighted by Crippen LogP contribution is -2.64. The molecular formula is C18H32O16. The highest BCUT2D eigenvalue weighted by Crippen LogP contribution is 2.29. The van der Waals surface area contributed by atoms with Crippen LogP contribution in [0.3, 0.4) is 0 Å². The summed E-state index contributed by atoms with van der Waals surface area (Å²) in [6.07, 6.45) is -25.0.